The number of rotatable bonds is 4. The number of aromatic amines is 1. The summed E-state index contributed by atoms with van der Waals surface area (Å²) in [4.78, 5) is 16.7. The number of aromatic nitrogens is 3. The predicted molar refractivity (Wildman–Crippen MR) is 108 cm³/mol. The van der Waals surface area contributed by atoms with E-state index in [1.807, 2.05) is 24.0 Å². The van der Waals surface area contributed by atoms with Crippen molar-refractivity contribution < 1.29 is 10.1 Å². The first kappa shape index (κ1) is 18.5. The molecule has 7 heteroatoms. The average Bonchev–Trinajstić information content (AvgIpc) is 3.11. The van der Waals surface area contributed by atoms with Crippen LogP contribution < -0.4 is 15.2 Å². The fourth-order valence-electron chi connectivity index (χ4n) is 3.92. The molecule has 0 atom stereocenters. The first-order valence-corrected chi connectivity index (χ1v) is 10.7. The monoisotopic (exact) mass is 386 g/mol. The van der Waals surface area contributed by atoms with Crippen LogP contribution >= 0.6 is 11.8 Å². The van der Waals surface area contributed by atoms with Crippen molar-refractivity contribution in [3.05, 3.63) is 35.8 Å². The van der Waals surface area contributed by atoms with Crippen LogP contribution in [0.3, 0.4) is 0 Å². The maximum Gasteiger partial charge on any atom is 0.347 e. The van der Waals surface area contributed by atoms with Gasteiger partial charge in [0.05, 0.1) is 24.5 Å². The first-order valence-electron chi connectivity index (χ1n) is 9.68. The molecular weight excluding hydrogens is 358 g/mol. The molecule has 0 spiro atoms. The summed E-state index contributed by atoms with van der Waals surface area (Å²) < 4.78 is 0. The van der Waals surface area contributed by atoms with Crippen molar-refractivity contribution in [2.75, 3.05) is 36.2 Å². The molecule has 144 valence electrons. The van der Waals surface area contributed by atoms with Crippen molar-refractivity contribution in [1.29, 1.82) is 0 Å². The number of fused-ring (bicyclic) bond motifs is 1. The van der Waals surface area contributed by atoms with Gasteiger partial charge in [-0.1, -0.05) is 6.07 Å². The second kappa shape index (κ2) is 7.64. The first-order chi connectivity index (χ1) is 13.2. The zero-order valence-corrected chi connectivity index (χ0v) is 16.9. The number of aliphatic hydroxyl groups excluding tert-OH is 1. The highest BCUT2D eigenvalue weighted by atomic mass is 32.2. The molecule has 3 N–H and O–H groups in total. The number of aryl methyl sites for hydroxylation is 1. The number of anilines is 2. The van der Waals surface area contributed by atoms with Crippen LogP contribution in [-0.4, -0.2) is 46.6 Å². The summed E-state index contributed by atoms with van der Waals surface area (Å²) in [7, 11) is 1.00. The third-order valence-corrected chi connectivity index (χ3v) is 6.86. The Kier molecular flexibility index (Phi) is 5.23. The molecule has 0 unspecified atom stereocenters. The Morgan fingerprint density at radius 2 is 2.11 bits per heavy atom. The van der Waals surface area contributed by atoms with E-state index in [1.165, 1.54) is 41.4 Å². The summed E-state index contributed by atoms with van der Waals surface area (Å²) in [5.41, 5.74) is 2.69. The van der Waals surface area contributed by atoms with E-state index in [-0.39, 0.29) is 5.54 Å². The van der Waals surface area contributed by atoms with Crippen molar-refractivity contribution in [3.8, 4) is 0 Å². The van der Waals surface area contributed by atoms with Crippen LogP contribution in [0.5, 0.6) is 0 Å². The molecule has 2 aliphatic heterocycles. The van der Waals surface area contributed by atoms with Crippen LogP contribution in [0.25, 0.3) is 0 Å². The fraction of sp³-hybridized carbons (Fsp3) is 0.550. The minimum atomic E-state index is 0.248. The van der Waals surface area contributed by atoms with Crippen LogP contribution in [0.2, 0.25) is 0 Å². The molecule has 1 saturated carbocycles. The van der Waals surface area contributed by atoms with E-state index in [4.69, 9.17) is 10.1 Å². The maximum absolute atomic E-state index is 7.00. The van der Waals surface area contributed by atoms with Gasteiger partial charge in [-0.05, 0) is 38.3 Å². The number of thioether (sulfide) groups is 1. The Labute approximate surface area is 164 Å². The molecule has 3 aliphatic rings. The van der Waals surface area contributed by atoms with E-state index in [9.17, 15) is 0 Å². The van der Waals surface area contributed by atoms with Crippen LogP contribution in [0, 0.1) is 0 Å². The molecule has 5 rings (SSSR count). The fourth-order valence-corrected chi connectivity index (χ4v) is 4.98. The predicted octanol–water partition coefficient (Wildman–Crippen LogP) is 2.51. The van der Waals surface area contributed by atoms with Gasteiger partial charge in [0.15, 0.2) is 0 Å². The van der Waals surface area contributed by atoms with Gasteiger partial charge in [-0.25, -0.2) is 4.98 Å². The standard InChI is InChI=1S/C19H23N5S.CH4O/c1-19(7-4-8-19)23-17-16-15(6-10-25-16)21-18(22-17)24-11-13(12-24)14-5-2-3-9-20-14;1-2/h2-3,5,9,13H,4,6-8,10-12H2,1H3,(H,21,22,23);2H,1H3/p+1. The van der Waals surface area contributed by atoms with Gasteiger partial charge in [-0.15, -0.1) is 16.7 Å². The Balaban J connectivity index is 0.000000872. The second-order valence-electron chi connectivity index (χ2n) is 7.71. The Bertz CT molecular complexity index is 790. The summed E-state index contributed by atoms with van der Waals surface area (Å²) in [6.45, 7) is 4.31. The quantitative estimate of drug-likeness (QED) is 0.841. The number of H-pyrrole nitrogens is 1. The van der Waals surface area contributed by atoms with Gasteiger partial charge in [0.25, 0.3) is 0 Å². The summed E-state index contributed by atoms with van der Waals surface area (Å²) in [6, 6.07) is 6.18. The van der Waals surface area contributed by atoms with E-state index < -0.39 is 0 Å². The van der Waals surface area contributed by atoms with Gasteiger partial charge in [-0.2, -0.15) is 0 Å². The number of hydrogen-bond acceptors (Lipinski definition) is 6. The molecule has 2 aromatic rings. The number of nitrogens with zero attached hydrogens (tertiary/aromatic N) is 3. The smallest absolute Gasteiger partial charge is 0.347 e. The van der Waals surface area contributed by atoms with Crippen molar-refractivity contribution >= 4 is 23.5 Å². The van der Waals surface area contributed by atoms with Crippen LogP contribution in [0.15, 0.2) is 29.3 Å². The normalized spacial score (nSPS) is 20.0. The van der Waals surface area contributed by atoms with Gasteiger partial charge in [0.1, 0.15) is 10.6 Å². The highest BCUT2D eigenvalue weighted by Crippen LogP contribution is 2.40. The largest absolute Gasteiger partial charge is 0.400 e. The summed E-state index contributed by atoms with van der Waals surface area (Å²) in [5.74, 6) is 3.85. The third kappa shape index (κ3) is 3.62. The Hall–Kier alpha value is -1.86. The van der Waals surface area contributed by atoms with E-state index in [2.05, 4.69) is 39.2 Å². The summed E-state index contributed by atoms with van der Waals surface area (Å²) in [6.07, 6.45) is 6.79. The number of hydrogen-bond donors (Lipinski definition) is 2. The molecule has 1 aliphatic carbocycles. The number of pyridine rings is 1. The van der Waals surface area contributed by atoms with E-state index in [0.717, 1.165) is 38.3 Å². The number of aliphatic hydroxyl groups is 1. The minimum Gasteiger partial charge on any atom is -0.400 e. The number of nitrogens with one attached hydrogen (secondary N) is 2. The molecular formula is C20H28N5OS+. The lowest BCUT2D eigenvalue weighted by Crippen LogP contribution is -2.49. The Morgan fingerprint density at radius 1 is 1.30 bits per heavy atom. The molecule has 0 radical (unpaired) electrons. The summed E-state index contributed by atoms with van der Waals surface area (Å²) >= 11 is 1.93. The Morgan fingerprint density at radius 3 is 2.78 bits per heavy atom. The van der Waals surface area contributed by atoms with E-state index in [1.54, 1.807) is 0 Å². The highest BCUT2D eigenvalue weighted by Gasteiger charge is 2.39. The molecule has 0 amide bonds. The van der Waals surface area contributed by atoms with Crippen molar-refractivity contribution in [3.63, 3.8) is 0 Å². The van der Waals surface area contributed by atoms with Crippen molar-refractivity contribution in [2.24, 2.45) is 0 Å². The molecule has 6 nitrogen and oxygen atoms in total. The molecule has 1 saturated heterocycles. The van der Waals surface area contributed by atoms with E-state index >= 15 is 0 Å². The molecule has 0 bridgehead atoms. The highest BCUT2D eigenvalue weighted by molar-refractivity contribution is 7.99. The summed E-state index contributed by atoms with van der Waals surface area (Å²) in [5, 5.41) is 10.8. The van der Waals surface area contributed by atoms with Crippen LogP contribution in [0.4, 0.5) is 11.8 Å². The second-order valence-corrected chi connectivity index (χ2v) is 8.81. The average molecular weight is 387 g/mol. The third-order valence-electron chi connectivity index (χ3n) is 5.72. The van der Waals surface area contributed by atoms with Crippen molar-refractivity contribution in [2.45, 2.75) is 49.0 Å². The molecule has 2 aromatic heterocycles. The lowest BCUT2D eigenvalue weighted by atomic mass is 9.78. The van der Waals surface area contributed by atoms with Gasteiger partial charge >= 0.3 is 5.95 Å². The zero-order valence-electron chi connectivity index (χ0n) is 16.0. The minimum absolute atomic E-state index is 0.248. The van der Waals surface area contributed by atoms with Gasteiger partial charge < -0.3 is 10.4 Å². The zero-order chi connectivity index (χ0) is 18.9. The molecule has 4 heterocycles. The molecule has 27 heavy (non-hydrogen) atoms. The van der Waals surface area contributed by atoms with Crippen LogP contribution in [-0.2, 0) is 6.42 Å². The molecule has 2 fully saturated rings. The van der Waals surface area contributed by atoms with Gasteiger partial charge in [0, 0.05) is 31.2 Å². The van der Waals surface area contributed by atoms with E-state index in [0.29, 0.717) is 5.92 Å². The van der Waals surface area contributed by atoms with Crippen LogP contribution in [0.1, 0.15) is 43.5 Å². The lowest BCUT2D eigenvalue weighted by Gasteiger charge is -2.38. The molecule has 0 aromatic carbocycles. The van der Waals surface area contributed by atoms with Crippen molar-refractivity contribution in [1.82, 2.24) is 9.97 Å². The SMILES string of the molecule is CC1(Nc2[nH+]c(N3CC(c4ccccn4)C3)nc3c2SCC3)CCC1.CO. The van der Waals surface area contributed by atoms with Gasteiger partial charge in [0.2, 0.25) is 5.82 Å². The topological polar surface area (TPSA) is 75.4 Å². The lowest BCUT2D eigenvalue weighted by molar-refractivity contribution is -0.356. The maximum atomic E-state index is 7.00. The van der Waals surface area contributed by atoms with Gasteiger partial charge in [-0.3, -0.25) is 9.88 Å².